The van der Waals surface area contributed by atoms with Crippen molar-refractivity contribution in [2.75, 3.05) is 10.8 Å². The molecule has 0 aliphatic rings. The van der Waals surface area contributed by atoms with Gasteiger partial charge >= 0.3 is 5.97 Å². The summed E-state index contributed by atoms with van der Waals surface area (Å²) in [5.41, 5.74) is 0.0276. The molecule has 112 valence electrons. The summed E-state index contributed by atoms with van der Waals surface area (Å²) in [5.74, 6) is -1.22. The molecule has 0 bridgehead atoms. The summed E-state index contributed by atoms with van der Waals surface area (Å²) in [4.78, 5) is 14.6. The molecule has 9 heteroatoms. The molecule has 2 heterocycles. The number of carboxylic acid groups (broad SMARTS) is 1. The van der Waals surface area contributed by atoms with Crippen LogP contribution in [0.3, 0.4) is 0 Å². The van der Waals surface area contributed by atoms with Gasteiger partial charge in [-0.1, -0.05) is 11.6 Å². The highest BCUT2D eigenvalue weighted by Gasteiger charge is 2.26. The fraction of sp³-hybridized carbons (Fsp3) is 0.167. The molecule has 21 heavy (non-hydrogen) atoms. The highest BCUT2D eigenvalue weighted by atomic mass is 35.5. The van der Waals surface area contributed by atoms with E-state index in [1.807, 2.05) is 0 Å². The van der Waals surface area contributed by atoms with E-state index in [9.17, 15) is 13.2 Å². The molecular weight excluding hydrogens is 336 g/mol. The predicted octanol–water partition coefficient (Wildman–Crippen LogP) is 2.71. The minimum absolute atomic E-state index is 0.100. The topological polar surface area (TPSA) is 87.6 Å². The SMILES string of the molecule is CCN(c1ccnc(C(=O)O)c1)S(=O)(=O)c1ccc(Cl)s1. The van der Waals surface area contributed by atoms with Crippen molar-refractivity contribution in [2.24, 2.45) is 0 Å². The number of pyridine rings is 1. The average molecular weight is 347 g/mol. The summed E-state index contributed by atoms with van der Waals surface area (Å²) >= 11 is 6.72. The number of sulfonamides is 1. The number of rotatable bonds is 5. The molecule has 0 saturated carbocycles. The second-order valence-electron chi connectivity index (χ2n) is 3.93. The number of thiophene rings is 1. The van der Waals surface area contributed by atoms with Crippen LogP contribution in [0.2, 0.25) is 4.34 Å². The van der Waals surface area contributed by atoms with Crippen molar-refractivity contribution in [3.63, 3.8) is 0 Å². The fourth-order valence-corrected chi connectivity index (χ4v) is 4.79. The van der Waals surface area contributed by atoms with Gasteiger partial charge in [0.2, 0.25) is 0 Å². The lowest BCUT2D eigenvalue weighted by molar-refractivity contribution is 0.0690. The van der Waals surface area contributed by atoms with E-state index >= 15 is 0 Å². The Morgan fingerprint density at radius 3 is 2.67 bits per heavy atom. The van der Waals surface area contributed by atoms with Gasteiger partial charge in [-0.3, -0.25) is 4.31 Å². The molecule has 0 saturated heterocycles. The molecule has 0 spiro atoms. The largest absolute Gasteiger partial charge is 0.477 e. The molecule has 0 aliphatic carbocycles. The van der Waals surface area contributed by atoms with Crippen LogP contribution >= 0.6 is 22.9 Å². The van der Waals surface area contributed by atoms with Gasteiger partial charge in [0.1, 0.15) is 9.90 Å². The van der Waals surface area contributed by atoms with E-state index in [-0.39, 0.29) is 22.1 Å². The van der Waals surface area contributed by atoms with Gasteiger partial charge in [-0.05, 0) is 31.2 Å². The summed E-state index contributed by atoms with van der Waals surface area (Å²) in [6.07, 6.45) is 1.26. The Morgan fingerprint density at radius 2 is 2.14 bits per heavy atom. The Bertz CT molecular complexity index is 773. The first kappa shape index (κ1) is 15.7. The van der Waals surface area contributed by atoms with Crippen molar-refractivity contribution < 1.29 is 18.3 Å². The zero-order valence-electron chi connectivity index (χ0n) is 10.9. The Morgan fingerprint density at radius 1 is 1.43 bits per heavy atom. The van der Waals surface area contributed by atoms with Gasteiger partial charge in [-0.2, -0.15) is 0 Å². The van der Waals surface area contributed by atoms with Crippen molar-refractivity contribution in [2.45, 2.75) is 11.1 Å². The smallest absolute Gasteiger partial charge is 0.354 e. The highest BCUT2D eigenvalue weighted by Crippen LogP contribution is 2.30. The minimum atomic E-state index is -3.78. The maximum absolute atomic E-state index is 12.6. The molecule has 2 aromatic rings. The van der Waals surface area contributed by atoms with Crippen LogP contribution in [0.25, 0.3) is 0 Å². The van der Waals surface area contributed by atoms with Crippen LogP contribution in [-0.2, 0) is 10.0 Å². The number of halogens is 1. The van der Waals surface area contributed by atoms with Crippen molar-refractivity contribution in [1.29, 1.82) is 0 Å². The summed E-state index contributed by atoms with van der Waals surface area (Å²) in [6.45, 7) is 1.81. The van der Waals surface area contributed by atoms with E-state index in [0.717, 1.165) is 15.6 Å². The van der Waals surface area contributed by atoms with E-state index in [1.165, 1.54) is 30.5 Å². The summed E-state index contributed by atoms with van der Waals surface area (Å²) in [7, 11) is -3.78. The first-order valence-corrected chi connectivity index (χ1v) is 8.47. The number of carbonyl (C=O) groups is 1. The standard InChI is InChI=1S/C12H11ClN2O4S2/c1-2-15(8-5-6-14-9(7-8)12(16)17)21(18,19)11-4-3-10(13)20-11/h3-7H,2H2,1H3,(H,16,17). The van der Waals surface area contributed by atoms with Crippen molar-refractivity contribution in [1.82, 2.24) is 4.98 Å². The zero-order chi connectivity index (χ0) is 15.6. The van der Waals surface area contributed by atoms with Crippen LogP contribution < -0.4 is 4.31 Å². The Balaban J connectivity index is 2.49. The average Bonchev–Trinajstić information content (AvgIpc) is 2.87. The van der Waals surface area contributed by atoms with Crippen molar-refractivity contribution in [3.05, 3.63) is 40.5 Å². The number of carboxylic acids is 1. The number of anilines is 1. The summed E-state index contributed by atoms with van der Waals surface area (Å²) < 4.78 is 26.7. The number of aromatic carboxylic acids is 1. The third-order valence-corrected chi connectivity index (χ3v) is 6.23. The lowest BCUT2D eigenvalue weighted by atomic mass is 10.3. The van der Waals surface area contributed by atoms with Gasteiger partial charge in [0.25, 0.3) is 10.0 Å². The molecule has 0 fully saturated rings. The Labute approximate surface area is 130 Å². The Hall–Kier alpha value is -1.64. The highest BCUT2D eigenvalue weighted by molar-refractivity contribution is 7.94. The van der Waals surface area contributed by atoms with Crippen LogP contribution in [0.4, 0.5) is 5.69 Å². The lowest BCUT2D eigenvalue weighted by Gasteiger charge is -2.22. The monoisotopic (exact) mass is 346 g/mol. The van der Waals surface area contributed by atoms with E-state index in [0.29, 0.717) is 4.34 Å². The molecule has 1 N–H and O–H groups in total. The second-order valence-corrected chi connectivity index (χ2v) is 7.74. The molecule has 0 aliphatic heterocycles. The third-order valence-electron chi connectivity index (χ3n) is 2.63. The molecule has 2 rings (SSSR count). The molecule has 2 aromatic heterocycles. The molecule has 0 atom stereocenters. The number of hydrogen-bond donors (Lipinski definition) is 1. The van der Waals surface area contributed by atoms with Crippen LogP contribution in [-0.4, -0.2) is 31.0 Å². The first-order chi connectivity index (χ1) is 9.86. The maximum Gasteiger partial charge on any atom is 0.354 e. The number of aromatic nitrogens is 1. The van der Waals surface area contributed by atoms with Gasteiger partial charge in [0.15, 0.2) is 0 Å². The summed E-state index contributed by atoms with van der Waals surface area (Å²) in [5, 5.41) is 8.94. The summed E-state index contributed by atoms with van der Waals surface area (Å²) in [6, 6.07) is 5.59. The van der Waals surface area contributed by atoms with Crippen molar-refractivity contribution in [3.8, 4) is 0 Å². The first-order valence-electron chi connectivity index (χ1n) is 5.83. The predicted molar refractivity (Wildman–Crippen MR) is 80.7 cm³/mol. The molecular formula is C12H11ClN2O4S2. The van der Waals surface area contributed by atoms with Gasteiger partial charge in [0, 0.05) is 12.7 Å². The van der Waals surface area contributed by atoms with Gasteiger partial charge in [-0.15, -0.1) is 11.3 Å². The normalized spacial score (nSPS) is 11.3. The lowest BCUT2D eigenvalue weighted by Crippen LogP contribution is -2.30. The van der Waals surface area contributed by atoms with E-state index in [1.54, 1.807) is 6.92 Å². The molecule has 0 unspecified atom stereocenters. The van der Waals surface area contributed by atoms with Crippen molar-refractivity contribution >= 4 is 44.6 Å². The zero-order valence-corrected chi connectivity index (χ0v) is 13.2. The minimum Gasteiger partial charge on any atom is -0.477 e. The maximum atomic E-state index is 12.6. The van der Waals surface area contributed by atoms with Crippen LogP contribution in [0.15, 0.2) is 34.7 Å². The number of hydrogen-bond acceptors (Lipinski definition) is 5. The van der Waals surface area contributed by atoms with E-state index in [4.69, 9.17) is 16.7 Å². The quantitative estimate of drug-likeness (QED) is 0.899. The van der Waals surface area contributed by atoms with E-state index in [2.05, 4.69) is 4.98 Å². The molecule has 0 amide bonds. The van der Waals surface area contributed by atoms with Crippen LogP contribution in [0.1, 0.15) is 17.4 Å². The van der Waals surface area contributed by atoms with Crippen LogP contribution in [0.5, 0.6) is 0 Å². The Kier molecular flexibility index (Phi) is 4.50. The van der Waals surface area contributed by atoms with Gasteiger partial charge < -0.3 is 5.11 Å². The third kappa shape index (κ3) is 3.17. The van der Waals surface area contributed by atoms with Gasteiger partial charge in [-0.25, -0.2) is 18.2 Å². The molecule has 6 nitrogen and oxygen atoms in total. The second kappa shape index (κ2) is 6.00. The molecule has 0 radical (unpaired) electrons. The van der Waals surface area contributed by atoms with E-state index < -0.39 is 16.0 Å². The van der Waals surface area contributed by atoms with Crippen LogP contribution in [0, 0.1) is 0 Å². The number of nitrogens with zero attached hydrogens (tertiary/aromatic N) is 2. The van der Waals surface area contributed by atoms with Gasteiger partial charge in [0.05, 0.1) is 10.0 Å². The molecule has 0 aromatic carbocycles. The fourth-order valence-electron chi connectivity index (χ4n) is 1.73.